The van der Waals surface area contributed by atoms with Gasteiger partial charge in [-0.1, -0.05) is 50.3 Å². The standard InChI is InChI=1S/C24H37N5O5S/c1-17(2)26-24(32)29-14-13-28(35(33,34)19-11-7-4-8-12-19)16-21(29)23(31)27-20(22(25)30)15-18-9-5-3-6-10-18/h4,7-8,11-12,17-18,20-21H,3,5-6,9-10,13-16H2,1-2H3,(H2,25,30)(H,26,32)(H,27,31)/t20-,21-/m0/s1. The van der Waals surface area contributed by atoms with E-state index in [1.165, 1.54) is 21.3 Å². The van der Waals surface area contributed by atoms with E-state index in [2.05, 4.69) is 10.6 Å². The van der Waals surface area contributed by atoms with Crippen LogP contribution in [0.4, 0.5) is 4.79 Å². The molecule has 4 amide bonds. The molecule has 1 aromatic carbocycles. The average Bonchev–Trinajstić information content (AvgIpc) is 2.83. The van der Waals surface area contributed by atoms with Crippen LogP contribution in [0.2, 0.25) is 0 Å². The van der Waals surface area contributed by atoms with Gasteiger partial charge in [-0.25, -0.2) is 13.2 Å². The van der Waals surface area contributed by atoms with Crippen LogP contribution in [0.3, 0.4) is 0 Å². The third kappa shape index (κ3) is 6.94. The molecule has 1 aromatic rings. The van der Waals surface area contributed by atoms with Gasteiger partial charge in [-0.2, -0.15) is 4.31 Å². The highest BCUT2D eigenvalue weighted by Gasteiger charge is 2.41. The molecule has 194 valence electrons. The largest absolute Gasteiger partial charge is 0.368 e. The van der Waals surface area contributed by atoms with Crippen molar-refractivity contribution in [1.29, 1.82) is 0 Å². The molecule has 35 heavy (non-hydrogen) atoms. The Balaban J connectivity index is 1.81. The number of piperazine rings is 1. The molecule has 0 aromatic heterocycles. The maximum atomic E-state index is 13.4. The number of nitrogens with zero attached hydrogens (tertiary/aromatic N) is 2. The van der Waals surface area contributed by atoms with E-state index in [9.17, 15) is 22.8 Å². The Bertz CT molecular complexity index is 995. The van der Waals surface area contributed by atoms with E-state index in [1.54, 1.807) is 32.0 Å². The van der Waals surface area contributed by atoms with Crippen LogP contribution in [0.5, 0.6) is 0 Å². The van der Waals surface area contributed by atoms with E-state index in [0.29, 0.717) is 12.3 Å². The van der Waals surface area contributed by atoms with Gasteiger partial charge in [-0.15, -0.1) is 0 Å². The Morgan fingerprint density at radius 1 is 1.03 bits per heavy atom. The number of hydrogen-bond acceptors (Lipinski definition) is 5. The summed E-state index contributed by atoms with van der Waals surface area (Å²) < 4.78 is 27.6. The summed E-state index contributed by atoms with van der Waals surface area (Å²) in [6.45, 7) is 3.47. The quantitative estimate of drug-likeness (QED) is 0.488. The fourth-order valence-corrected chi connectivity index (χ4v) is 6.24. The molecule has 4 N–H and O–H groups in total. The molecule has 1 heterocycles. The second-order valence-electron chi connectivity index (χ2n) is 9.69. The zero-order valence-electron chi connectivity index (χ0n) is 20.5. The zero-order valence-corrected chi connectivity index (χ0v) is 21.3. The summed E-state index contributed by atoms with van der Waals surface area (Å²) in [5.74, 6) is -0.925. The maximum Gasteiger partial charge on any atom is 0.318 e. The monoisotopic (exact) mass is 507 g/mol. The molecule has 2 aliphatic rings. The van der Waals surface area contributed by atoms with Gasteiger partial charge in [0.1, 0.15) is 12.1 Å². The van der Waals surface area contributed by atoms with Crippen LogP contribution >= 0.6 is 0 Å². The number of amides is 4. The van der Waals surface area contributed by atoms with Crippen molar-refractivity contribution in [2.45, 2.75) is 75.4 Å². The molecule has 3 rings (SSSR count). The smallest absolute Gasteiger partial charge is 0.318 e. The summed E-state index contributed by atoms with van der Waals surface area (Å²) in [6.07, 6.45) is 5.74. The first-order chi connectivity index (χ1) is 16.6. The lowest BCUT2D eigenvalue weighted by molar-refractivity contribution is -0.131. The van der Waals surface area contributed by atoms with Gasteiger partial charge in [0.15, 0.2) is 0 Å². The first-order valence-corrected chi connectivity index (χ1v) is 13.8. The van der Waals surface area contributed by atoms with Crippen molar-refractivity contribution in [3.63, 3.8) is 0 Å². The molecule has 1 aliphatic heterocycles. The van der Waals surface area contributed by atoms with Crippen LogP contribution in [0.15, 0.2) is 35.2 Å². The molecule has 0 spiro atoms. The van der Waals surface area contributed by atoms with Crippen LogP contribution in [0, 0.1) is 5.92 Å². The molecule has 10 nitrogen and oxygen atoms in total. The number of carbonyl (C=O) groups is 3. The van der Waals surface area contributed by atoms with Crippen molar-refractivity contribution >= 4 is 27.9 Å². The highest BCUT2D eigenvalue weighted by atomic mass is 32.2. The van der Waals surface area contributed by atoms with Crippen LogP contribution in [0.1, 0.15) is 52.4 Å². The number of nitrogens with one attached hydrogen (secondary N) is 2. The number of hydrogen-bond donors (Lipinski definition) is 3. The van der Waals surface area contributed by atoms with Crippen molar-refractivity contribution in [2.75, 3.05) is 19.6 Å². The van der Waals surface area contributed by atoms with E-state index < -0.39 is 40.0 Å². The van der Waals surface area contributed by atoms with Gasteiger partial charge >= 0.3 is 6.03 Å². The number of carbonyl (C=O) groups excluding carboxylic acids is 3. The molecular weight excluding hydrogens is 470 g/mol. The Morgan fingerprint density at radius 3 is 2.29 bits per heavy atom. The van der Waals surface area contributed by atoms with Crippen LogP contribution in [0.25, 0.3) is 0 Å². The second kappa shape index (κ2) is 11.9. The van der Waals surface area contributed by atoms with Crippen molar-refractivity contribution in [3.05, 3.63) is 30.3 Å². The maximum absolute atomic E-state index is 13.4. The van der Waals surface area contributed by atoms with Gasteiger partial charge in [0, 0.05) is 25.7 Å². The highest BCUT2D eigenvalue weighted by Crippen LogP contribution is 2.27. The molecule has 0 bridgehead atoms. The van der Waals surface area contributed by atoms with Crippen molar-refractivity contribution in [2.24, 2.45) is 11.7 Å². The number of urea groups is 1. The first kappa shape index (κ1) is 26.9. The number of sulfonamides is 1. The number of nitrogens with two attached hydrogens (primary N) is 1. The zero-order chi connectivity index (χ0) is 25.6. The predicted molar refractivity (Wildman–Crippen MR) is 132 cm³/mol. The topological polar surface area (TPSA) is 142 Å². The van der Waals surface area contributed by atoms with E-state index in [1.807, 2.05) is 0 Å². The summed E-state index contributed by atoms with van der Waals surface area (Å²) in [5.41, 5.74) is 5.61. The van der Waals surface area contributed by atoms with E-state index in [-0.39, 0.29) is 30.6 Å². The summed E-state index contributed by atoms with van der Waals surface area (Å²) in [4.78, 5) is 39.9. The summed E-state index contributed by atoms with van der Waals surface area (Å²) >= 11 is 0. The Morgan fingerprint density at radius 2 is 1.69 bits per heavy atom. The molecule has 2 atom stereocenters. The van der Waals surface area contributed by atoms with E-state index >= 15 is 0 Å². The first-order valence-electron chi connectivity index (χ1n) is 12.3. The lowest BCUT2D eigenvalue weighted by Gasteiger charge is -2.40. The van der Waals surface area contributed by atoms with Gasteiger partial charge in [0.25, 0.3) is 0 Å². The highest BCUT2D eigenvalue weighted by molar-refractivity contribution is 7.89. The summed E-state index contributed by atoms with van der Waals surface area (Å²) in [5, 5.41) is 5.50. The second-order valence-corrected chi connectivity index (χ2v) is 11.6. The third-order valence-corrected chi connectivity index (χ3v) is 8.53. The molecular formula is C24H37N5O5S. The summed E-state index contributed by atoms with van der Waals surface area (Å²) in [6, 6.07) is 5.38. The molecule has 0 radical (unpaired) electrons. The van der Waals surface area contributed by atoms with Crippen LogP contribution in [-0.2, 0) is 19.6 Å². The van der Waals surface area contributed by atoms with Gasteiger partial charge in [-0.05, 0) is 38.3 Å². The number of rotatable bonds is 8. The minimum absolute atomic E-state index is 0.0343. The van der Waals surface area contributed by atoms with Crippen molar-refractivity contribution in [1.82, 2.24) is 19.8 Å². The molecule has 2 fully saturated rings. The van der Waals surface area contributed by atoms with Gasteiger partial charge < -0.3 is 21.3 Å². The van der Waals surface area contributed by atoms with Gasteiger partial charge in [0.05, 0.1) is 4.90 Å². The molecule has 1 saturated heterocycles. The van der Waals surface area contributed by atoms with Crippen LogP contribution in [-0.4, -0.2) is 73.2 Å². The van der Waals surface area contributed by atoms with Crippen molar-refractivity contribution in [3.8, 4) is 0 Å². The molecule has 1 aliphatic carbocycles. The molecule has 11 heteroatoms. The average molecular weight is 508 g/mol. The number of benzene rings is 1. The predicted octanol–water partition coefficient (Wildman–Crippen LogP) is 1.42. The fourth-order valence-electron chi connectivity index (χ4n) is 4.79. The van der Waals surface area contributed by atoms with Crippen LogP contribution < -0.4 is 16.4 Å². The normalized spacial score (nSPS) is 20.9. The van der Waals surface area contributed by atoms with E-state index in [0.717, 1.165) is 32.1 Å². The fraction of sp³-hybridized carbons (Fsp3) is 0.625. The Labute approximate surface area is 207 Å². The third-order valence-electron chi connectivity index (χ3n) is 6.65. The Hall–Kier alpha value is -2.66. The minimum atomic E-state index is -3.86. The van der Waals surface area contributed by atoms with E-state index in [4.69, 9.17) is 5.73 Å². The summed E-state index contributed by atoms with van der Waals surface area (Å²) in [7, 11) is -3.86. The Kier molecular flexibility index (Phi) is 9.12. The lowest BCUT2D eigenvalue weighted by atomic mass is 9.84. The SMILES string of the molecule is CC(C)NC(=O)N1CCN(S(=O)(=O)c2ccccc2)C[C@H]1C(=O)N[C@@H](CC1CCCCC1)C(N)=O. The molecule has 0 unspecified atom stereocenters. The minimum Gasteiger partial charge on any atom is -0.368 e. The van der Waals surface area contributed by atoms with Gasteiger partial charge in [-0.3, -0.25) is 9.59 Å². The molecule has 1 saturated carbocycles. The van der Waals surface area contributed by atoms with Crippen molar-refractivity contribution < 1.29 is 22.8 Å². The lowest BCUT2D eigenvalue weighted by Crippen LogP contribution is -2.64. The van der Waals surface area contributed by atoms with Gasteiger partial charge in [0.2, 0.25) is 21.8 Å². The number of primary amides is 1.